The molecule has 0 heterocycles. The summed E-state index contributed by atoms with van der Waals surface area (Å²) in [6.45, 7) is 0.323. The second-order valence-electron chi connectivity index (χ2n) is 2.96. The molecule has 0 saturated heterocycles. The highest BCUT2D eigenvalue weighted by molar-refractivity contribution is 5.30. The largest absolute Gasteiger partial charge is 0.497 e. The molecule has 0 aliphatic carbocycles. The number of aliphatic hydroxyl groups is 1. The van der Waals surface area contributed by atoms with E-state index in [1.165, 1.54) is 19.2 Å². The van der Waals surface area contributed by atoms with Crippen molar-refractivity contribution in [2.24, 2.45) is 0 Å². The minimum Gasteiger partial charge on any atom is -0.497 e. The van der Waals surface area contributed by atoms with E-state index in [0.29, 0.717) is 12.3 Å². The summed E-state index contributed by atoms with van der Waals surface area (Å²) in [5.41, 5.74) is 0.278. The zero-order chi connectivity index (χ0) is 10.6. The maximum absolute atomic E-state index is 13.3. The van der Waals surface area contributed by atoms with Crippen molar-refractivity contribution in [3.8, 4) is 5.75 Å². The van der Waals surface area contributed by atoms with E-state index in [9.17, 15) is 9.50 Å². The number of hydrogen-bond donors (Lipinski definition) is 2. The molecular formula is C10H14FNO2. The fraction of sp³-hybridized carbons (Fsp3) is 0.400. The minimum atomic E-state index is -0.828. The van der Waals surface area contributed by atoms with Gasteiger partial charge in [0.15, 0.2) is 0 Å². The molecule has 0 radical (unpaired) electrons. The predicted octanol–water partition coefficient (Wildman–Crippen LogP) is 1.09. The van der Waals surface area contributed by atoms with E-state index in [0.717, 1.165) is 0 Å². The third kappa shape index (κ3) is 2.43. The number of likely N-dealkylation sites (N-methyl/N-ethyl adjacent to an activating group) is 1. The Labute approximate surface area is 82.5 Å². The molecule has 14 heavy (non-hydrogen) atoms. The third-order valence-electron chi connectivity index (χ3n) is 1.96. The van der Waals surface area contributed by atoms with Gasteiger partial charge in [-0.2, -0.15) is 0 Å². The first-order valence-electron chi connectivity index (χ1n) is 4.35. The highest BCUT2D eigenvalue weighted by atomic mass is 19.1. The van der Waals surface area contributed by atoms with Crippen molar-refractivity contribution in [1.29, 1.82) is 0 Å². The van der Waals surface area contributed by atoms with E-state index in [1.807, 2.05) is 0 Å². The average molecular weight is 199 g/mol. The van der Waals surface area contributed by atoms with Crippen LogP contribution in [0.2, 0.25) is 0 Å². The number of halogens is 1. The van der Waals surface area contributed by atoms with Crippen molar-refractivity contribution in [2.75, 3.05) is 20.7 Å². The van der Waals surface area contributed by atoms with E-state index in [-0.39, 0.29) is 5.56 Å². The Hall–Kier alpha value is -1.13. The Balaban J connectivity index is 2.88. The molecule has 4 heteroatoms. The molecule has 0 fully saturated rings. The summed E-state index contributed by atoms with van der Waals surface area (Å²) >= 11 is 0. The Morgan fingerprint density at radius 2 is 2.29 bits per heavy atom. The average Bonchev–Trinajstić information content (AvgIpc) is 2.17. The maximum Gasteiger partial charge on any atom is 0.132 e. The molecule has 1 aromatic carbocycles. The lowest BCUT2D eigenvalue weighted by Crippen LogP contribution is -2.17. The van der Waals surface area contributed by atoms with Gasteiger partial charge in [-0.15, -0.1) is 0 Å². The van der Waals surface area contributed by atoms with Crippen LogP contribution in [-0.4, -0.2) is 25.8 Å². The smallest absolute Gasteiger partial charge is 0.132 e. The van der Waals surface area contributed by atoms with E-state index in [4.69, 9.17) is 4.74 Å². The molecule has 0 amide bonds. The quantitative estimate of drug-likeness (QED) is 0.762. The van der Waals surface area contributed by atoms with Gasteiger partial charge in [0.2, 0.25) is 0 Å². The highest BCUT2D eigenvalue weighted by Crippen LogP contribution is 2.21. The summed E-state index contributed by atoms with van der Waals surface area (Å²) in [5.74, 6) is -0.00462. The molecule has 0 bridgehead atoms. The Bertz CT molecular complexity index is 304. The fourth-order valence-corrected chi connectivity index (χ4v) is 1.21. The summed E-state index contributed by atoms with van der Waals surface area (Å²) in [6, 6.07) is 4.40. The van der Waals surface area contributed by atoms with Crippen LogP contribution in [0.4, 0.5) is 4.39 Å². The van der Waals surface area contributed by atoms with Crippen LogP contribution in [0, 0.1) is 5.82 Å². The van der Waals surface area contributed by atoms with Crippen molar-refractivity contribution in [3.05, 3.63) is 29.6 Å². The molecule has 1 rings (SSSR count). The first-order chi connectivity index (χ1) is 6.69. The number of benzene rings is 1. The fourth-order valence-electron chi connectivity index (χ4n) is 1.21. The lowest BCUT2D eigenvalue weighted by molar-refractivity contribution is 0.173. The number of rotatable bonds is 4. The summed E-state index contributed by atoms with van der Waals surface area (Å²) < 4.78 is 18.2. The number of methoxy groups -OCH3 is 1. The minimum absolute atomic E-state index is 0.278. The molecule has 3 nitrogen and oxygen atoms in total. The molecule has 78 valence electrons. The second-order valence-corrected chi connectivity index (χ2v) is 2.96. The van der Waals surface area contributed by atoms with Crippen LogP contribution < -0.4 is 10.1 Å². The van der Waals surface area contributed by atoms with Crippen LogP contribution in [-0.2, 0) is 0 Å². The molecule has 0 aliphatic rings. The summed E-state index contributed by atoms with van der Waals surface area (Å²) in [7, 11) is 3.17. The topological polar surface area (TPSA) is 41.5 Å². The van der Waals surface area contributed by atoms with Gasteiger partial charge in [0.1, 0.15) is 11.6 Å². The monoisotopic (exact) mass is 199 g/mol. The lowest BCUT2D eigenvalue weighted by atomic mass is 10.1. The van der Waals surface area contributed by atoms with Gasteiger partial charge in [0, 0.05) is 18.2 Å². The Morgan fingerprint density at radius 3 is 2.79 bits per heavy atom. The molecule has 0 saturated carbocycles. The molecule has 0 spiro atoms. The van der Waals surface area contributed by atoms with Crippen molar-refractivity contribution < 1.29 is 14.2 Å². The molecule has 1 unspecified atom stereocenters. The van der Waals surface area contributed by atoms with Crippen LogP contribution in [0.3, 0.4) is 0 Å². The SMILES string of the molecule is CNCC(O)c1ccc(OC)cc1F. The number of ether oxygens (including phenoxy) is 1. The van der Waals surface area contributed by atoms with E-state index in [2.05, 4.69) is 5.32 Å². The third-order valence-corrected chi connectivity index (χ3v) is 1.96. The summed E-state index contributed by atoms with van der Waals surface area (Å²) in [4.78, 5) is 0. The van der Waals surface area contributed by atoms with E-state index in [1.54, 1.807) is 13.1 Å². The molecule has 0 aromatic heterocycles. The van der Waals surface area contributed by atoms with Gasteiger partial charge in [-0.1, -0.05) is 0 Å². The van der Waals surface area contributed by atoms with Gasteiger partial charge in [0.25, 0.3) is 0 Å². The molecule has 1 atom stereocenters. The van der Waals surface area contributed by atoms with Gasteiger partial charge in [-0.05, 0) is 19.2 Å². The van der Waals surface area contributed by atoms with Crippen molar-refractivity contribution in [2.45, 2.75) is 6.10 Å². The number of nitrogens with one attached hydrogen (secondary N) is 1. The van der Waals surface area contributed by atoms with Crippen molar-refractivity contribution in [3.63, 3.8) is 0 Å². The van der Waals surface area contributed by atoms with Crippen LogP contribution in [0.25, 0.3) is 0 Å². The van der Waals surface area contributed by atoms with E-state index < -0.39 is 11.9 Å². The number of hydrogen-bond acceptors (Lipinski definition) is 3. The van der Waals surface area contributed by atoms with Gasteiger partial charge in [0.05, 0.1) is 13.2 Å². The first kappa shape index (κ1) is 10.9. The highest BCUT2D eigenvalue weighted by Gasteiger charge is 2.12. The lowest BCUT2D eigenvalue weighted by Gasteiger charge is -2.11. The number of aliphatic hydroxyl groups excluding tert-OH is 1. The summed E-state index contributed by atoms with van der Waals surface area (Å²) in [6.07, 6.45) is -0.828. The molecule has 2 N–H and O–H groups in total. The van der Waals surface area contributed by atoms with Gasteiger partial charge >= 0.3 is 0 Å². The van der Waals surface area contributed by atoms with Crippen molar-refractivity contribution >= 4 is 0 Å². The molecular weight excluding hydrogens is 185 g/mol. The predicted molar refractivity (Wildman–Crippen MR) is 51.8 cm³/mol. The van der Waals surface area contributed by atoms with Gasteiger partial charge in [-0.3, -0.25) is 0 Å². The zero-order valence-corrected chi connectivity index (χ0v) is 8.25. The van der Waals surface area contributed by atoms with E-state index >= 15 is 0 Å². The zero-order valence-electron chi connectivity index (χ0n) is 8.25. The Kier molecular flexibility index (Phi) is 3.85. The maximum atomic E-state index is 13.3. The standard InChI is InChI=1S/C10H14FNO2/c1-12-6-10(13)8-4-3-7(14-2)5-9(8)11/h3-5,10,12-13H,6H2,1-2H3. The van der Waals surface area contributed by atoms with Crippen LogP contribution >= 0.6 is 0 Å². The first-order valence-corrected chi connectivity index (χ1v) is 4.35. The van der Waals surface area contributed by atoms with Gasteiger partial charge in [-0.25, -0.2) is 4.39 Å². The molecule has 1 aromatic rings. The van der Waals surface area contributed by atoms with Crippen LogP contribution in [0.5, 0.6) is 5.75 Å². The van der Waals surface area contributed by atoms with Crippen LogP contribution in [0.1, 0.15) is 11.7 Å². The molecule has 0 aliphatic heterocycles. The normalized spacial score (nSPS) is 12.6. The Morgan fingerprint density at radius 1 is 1.57 bits per heavy atom. The summed E-state index contributed by atoms with van der Waals surface area (Å²) in [5, 5.41) is 12.3. The van der Waals surface area contributed by atoms with Gasteiger partial charge < -0.3 is 15.2 Å². The van der Waals surface area contributed by atoms with Crippen molar-refractivity contribution in [1.82, 2.24) is 5.32 Å². The van der Waals surface area contributed by atoms with Crippen LogP contribution in [0.15, 0.2) is 18.2 Å². The second kappa shape index (κ2) is 4.93.